The Kier molecular flexibility index (Phi) is 8.13. The minimum Gasteiger partial charge on any atom is -0.493 e. The molecule has 0 radical (unpaired) electrons. The summed E-state index contributed by atoms with van der Waals surface area (Å²) in [5.74, 6) is 1.89. The molecule has 0 saturated heterocycles. The normalized spacial score (nSPS) is 10.9. The molecule has 9 heteroatoms. The van der Waals surface area contributed by atoms with E-state index in [4.69, 9.17) is 19.2 Å². The van der Waals surface area contributed by atoms with Crippen LogP contribution in [0.4, 0.5) is 10.2 Å². The summed E-state index contributed by atoms with van der Waals surface area (Å²) in [5, 5.41) is 2.64. The highest BCUT2D eigenvalue weighted by Gasteiger charge is 2.23. The largest absolute Gasteiger partial charge is 0.493 e. The maximum absolute atomic E-state index is 13.5. The molecule has 2 aromatic heterocycles. The first-order valence-electron chi connectivity index (χ1n) is 11.7. The summed E-state index contributed by atoms with van der Waals surface area (Å²) in [6.07, 6.45) is 0.587. The van der Waals surface area contributed by atoms with Crippen LogP contribution in [0.15, 0.2) is 53.9 Å². The number of amides is 1. The number of anilines is 1. The van der Waals surface area contributed by atoms with Crippen LogP contribution < -0.4 is 19.1 Å². The second-order valence-electron chi connectivity index (χ2n) is 8.66. The first kappa shape index (κ1) is 26.2. The zero-order valence-electron chi connectivity index (χ0n) is 21.6. The van der Waals surface area contributed by atoms with Gasteiger partial charge in [-0.25, -0.2) is 9.37 Å². The van der Waals surface area contributed by atoms with Gasteiger partial charge in [-0.05, 0) is 41.6 Å². The molecule has 0 aliphatic rings. The van der Waals surface area contributed by atoms with Crippen molar-refractivity contribution < 1.29 is 23.4 Å². The zero-order valence-corrected chi connectivity index (χ0v) is 22.4. The number of halogens is 1. The highest BCUT2D eigenvalue weighted by molar-refractivity contribution is 7.12. The van der Waals surface area contributed by atoms with Gasteiger partial charge in [0, 0.05) is 44.2 Å². The number of carbonyl (C=O) groups excluding carboxylic acids is 1. The lowest BCUT2D eigenvalue weighted by molar-refractivity contribution is 0.0750. The summed E-state index contributed by atoms with van der Waals surface area (Å²) in [7, 11) is 8.54. The van der Waals surface area contributed by atoms with Crippen molar-refractivity contribution in [3.8, 4) is 17.2 Å². The molecule has 194 valence electrons. The van der Waals surface area contributed by atoms with E-state index in [0.717, 1.165) is 22.3 Å². The topological polar surface area (TPSA) is 64.1 Å². The van der Waals surface area contributed by atoms with Crippen LogP contribution in [0, 0.1) is 5.82 Å². The Bertz CT molecular complexity index is 1370. The lowest BCUT2D eigenvalue weighted by Crippen LogP contribution is -2.32. The second kappa shape index (κ2) is 11.5. The molecular formula is C28H30FN3O4S. The van der Waals surface area contributed by atoms with Gasteiger partial charge in [-0.2, -0.15) is 0 Å². The number of rotatable bonds is 10. The van der Waals surface area contributed by atoms with Gasteiger partial charge in [0.1, 0.15) is 11.6 Å². The molecule has 0 spiro atoms. The first-order chi connectivity index (χ1) is 17.9. The molecule has 4 rings (SSSR count). The average Bonchev–Trinajstić information content (AvgIpc) is 3.45. The fraction of sp³-hybridized carbons (Fsp3) is 0.286. The lowest BCUT2D eigenvalue weighted by atomic mass is 10.1. The van der Waals surface area contributed by atoms with Gasteiger partial charge in [0.25, 0.3) is 5.91 Å². The van der Waals surface area contributed by atoms with Crippen molar-refractivity contribution in [1.82, 2.24) is 9.88 Å². The van der Waals surface area contributed by atoms with Gasteiger partial charge in [0.15, 0.2) is 11.5 Å². The smallest absolute Gasteiger partial charge is 0.264 e. The second-order valence-corrected chi connectivity index (χ2v) is 9.61. The van der Waals surface area contributed by atoms with Gasteiger partial charge in [-0.3, -0.25) is 4.79 Å². The quantitative estimate of drug-likeness (QED) is 0.277. The lowest BCUT2D eigenvalue weighted by Gasteiger charge is -2.26. The maximum atomic E-state index is 13.5. The monoisotopic (exact) mass is 523 g/mol. The predicted octanol–water partition coefficient (Wildman–Crippen LogP) is 5.41. The van der Waals surface area contributed by atoms with E-state index < -0.39 is 0 Å². The van der Waals surface area contributed by atoms with Crippen LogP contribution in [-0.2, 0) is 13.0 Å². The molecule has 0 N–H and O–H groups in total. The van der Waals surface area contributed by atoms with E-state index in [0.29, 0.717) is 47.2 Å². The van der Waals surface area contributed by atoms with E-state index in [1.807, 2.05) is 48.6 Å². The Labute approximate surface area is 220 Å². The summed E-state index contributed by atoms with van der Waals surface area (Å²) in [6, 6.07) is 13.9. The predicted molar refractivity (Wildman–Crippen MR) is 145 cm³/mol. The number of ether oxygens (including phenoxy) is 3. The van der Waals surface area contributed by atoms with Crippen LogP contribution in [0.25, 0.3) is 10.9 Å². The Morgan fingerprint density at radius 3 is 2.32 bits per heavy atom. The molecule has 4 aromatic rings. The van der Waals surface area contributed by atoms with E-state index in [1.54, 1.807) is 38.4 Å². The van der Waals surface area contributed by atoms with Crippen molar-refractivity contribution >= 4 is 34.0 Å². The minimum atomic E-state index is -0.283. The molecular weight excluding hydrogens is 493 g/mol. The molecule has 2 aromatic carbocycles. The molecule has 2 heterocycles. The number of hydrogen-bond donors (Lipinski definition) is 0. The standard InChI is InChI=1S/C28H30FN3O4S/c1-31(2)27-19(15-21-22(30-27)16-23(34-3)26(36-5)25(21)35-4)17-32(28(33)24-7-6-14-37-24)13-12-18-8-10-20(29)11-9-18/h6-11,14-16H,12-13,17H2,1-5H3. The van der Waals surface area contributed by atoms with Crippen molar-refractivity contribution in [1.29, 1.82) is 0 Å². The van der Waals surface area contributed by atoms with Crippen LogP contribution in [0.1, 0.15) is 20.8 Å². The number of methoxy groups -OCH3 is 3. The minimum absolute atomic E-state index is 0.0683. The number of pyridine rings is 1. The summed E-state index contributed by atoms with van der Waals surface area (Å²) in [5.41, 5.74) is 2.49. The van der Waals surface area contributed by atoms with E-state index in [1.165, 1.54) is 23.5 Å². The Morgan fingerprint density at radius 2 is 1.73 bits per heavy atom. The number of thiophene rings is 1. The number of carbonyl (C=O) groups is 1. The first-order valence-corrected chi connectivity index (χ1v) is 12.6. The van der Waals surface area contributed by atoms with Crippen LogP contribution >= 0.6 is 11.3 Å². The van der Waals surface area contributed by atoms with Gasteiger partial charge in [0.05, 0.1) is 31.7 Å². The van der Waals surface area contributed by atoms with E-state index in [2.05, 4.69) is 0 Å². The fourth-order valence-corrected chi connectivity index (χ4v) is 4.95. The van der Waals surface area contributed by atoms with Gasteiger partial charge in [0.2, 0.25) is 5.75 Å². The van der Waals surface area contributed by atoms with Crippen molar-refractivity contribution in [3.63, 3.8) is 0 Å². The van der Waals surface area contributed by atoms with Crippen LogP contribution in [0.5, 0.6) is 17.2 Å². The van der Waals surface area contributed by atoms with Gasteiger partial charge >= 0.3 is 0 Å². The number of aromatic nitrogens is 1. The summed E-state index contributed by atoms with van der Waals surface area (Å²) < 4.78 is 30.2. The molecule has 37 heavy (non-hydrogen) atoms. The molecule has 0 aliphatic carbocycles. The fourth-order valence-electron chi connectivity index (χ4n) is 4.26. The van der Waals surface area contributed by atoms with Crippen molar-refractivity contribution in [2.75, 3.05) is 46.9 Å². The highest BCUT2D eigenvalue weighted by Crippen LogP contribution is 2.44. The van der Waals surface area contributed by atoms with E-state index in [-0.39, 0.29) is 11.7 Å². The molecule has 1 amide bonds. The molecule has 0 bridgehead atoms. The third-order valence-corrected chi connectivity index (χ3v) is 6.92. The van der Waals surface area contributed by atoms with Gasteiger partial charge in [-0.1, -0.05) is 18.2 Å². The van der Waals surface area contributed by atoms with Gasteiger partial charge < -0.3 is 24.0 Å². The Morgan fingerprint density at radius 1 is 1.00 bits per heavy atom. The number of benzene rings is 2. The SMILES string of the molecule is COc1cc2nc(N(C)C)c(CN(CCc3ccc(F)cc3)C(=O)c3cccs3)cc2c(OC)c1OC. The van der Waals surface area contributed by atoms with Crippen molar-refractivity contribution in [2.45, 2.75) is 13.0 Å². The summed E-state index contributed by atoms with van der Waals surface area (Å²) in [4.78, 5) is 22.8. The maximum Gasteiger partial charge on any atom is 0.264 e. The average molecular weight is 524 g/mol. The van der Waals surface area contributed by atoms with Crippen LogP contribution in [0.2, 0.25) is 0 Å². The van der Waals surface area contributed by atoms with Crippen LogP contribution in [0.3, 0.4) is 0 Å². The molecule has 0 fully saturated rings. The molecule has 0 saturated carbocycles. The molecule has 0 unspecified atom stereocenters. The van der Waals surface area contributed by atoms with Gasteiger partial charge in [-0.15, -0.1) is 11.3 Å². The summed E-state index contributed by atoms with van der Waals surface area (Å²) in [6.45, 7) is 0.780. The Balaban J connectivity index is 1.77. The van der Waals surface area contributed by atoms with Crippen molar-refractivity contribution in [2.24, 2.45) is 0 Å². The zero-order chi connectivity index (χ0) is 26.5. The number of nitrogens with zero attached hydrogens (tertiary/aromatic N) is 3. The van der Waals surface area contributed by atoms with E-state index >= 15 is 0 Å². The molecule has 0 atom stereocenters. The number of fused-ring (bicyclic) bond motifs is 1. The Hall–Kier alpha value is -3.85. The van der Waals surface area contributed by atoms with Crippen LogP contribution in [-0.4, -0.2) is 57.8 Å². The van der Waals surface area contributed by atoms with Crippen molar-refractivity contribution in [3.05, 3.63) is 75.7 Å². The summed E-state index contributed by atoms with van der Waals surface area (Å²) >= 11 is 1.40. The molecule has 0 aliphatic heterocycles. The third-order valence-electron chi connectivity index (χ3n) is 6.07. The number of hydrogen-bond acceptors (Lipinski definition) is 7. The van der Waals surface area contributed by atoms with E-state index in [9.17, 15) is 9.18 Å². The molecule has 7 nitrogen and oxygen atoms in total. The third kappa shape index (κ3) is 5.61. The highest BCUT2D eigenvalue weighted by atomic mass is 32.1.